The largest absolute Gasteiger partial charge is 0.274 e. The summed E-state index contributed by atoms with van der Waals surface area (Å²) in [5.74, 6) is 1.35. The minimum absolute atomic E-state index is 0.0530. The highest BCUT2D eigenvalue weighted by atomic mass is 35.5. The third-order valence-corrected chi connectivity index (χ3v) is 6.08. The number of anilines is 1. The van der Waals surface area contributed by atoms with E-state index in [1.54, 1.807) is 12.1 Å². The first kappa shape index (κ1) is 12.0. The van der Waals surface area contributed by atoms with E-state index in [1.165, 1.54) is 11.3 Å². The van der Waals surface area contributed by atoms with Gasteiger partial charge >= 0.3 is 0 Å². The average Bonchev–Trinajstić information content (AvgIpc) is 3.26. The average molecular weight is 300 g/mol. The molecule has 0 N–H and O–H groups in total. The van der Waals surface area contributed by atoms with Gasteiger partial charge in [0.1, 0.15) is 0 Å². The molecule has 4 aliphatic carbocycles. The number of hydrogen-bond acceptors (Lipinski definition) is 2. The number of nitrogens with zero attached hydrogens (tertiary/aromatic N) is 1. The van der Waals surface area contributed by atoms with Crippen LogP contribution in [0.4, 0.5) is 5.69 Å². The molecule has 6 rings (SSSR count). The molecule has 0 spiro atoms. The van der Waals surface area contributed by atoms with E-state index in [-0.39, 0.29) is 35.5 Å². The molecule has 3 fully saturated rings. The number of imide groups is 1. The smallest absolute Gasteiger partial charge is 0.238 e. The van der Waals surface area contributed by atoms with Crippen LogP contribution in [0.25, 0.3) is 0 Å². The van der Waals surface area contributed by atoms with Gasteiger partial charge in [-0.25, -0.2) is 4.90 Å². The molecule has 0 unspecified atom stereocenters. The van der Waals surface area contributed by atoms with E-state index in [0.29, 0.717) is 22.5 Å². The van der Waals surface area contributed by atoms with Crippen LogP contribution in [0.1, 0.15) is 6.42 Å². The Bertz CT molecular complexity index is 676. The number of para-hydroxylation sites is 1. The Balaban J connectivity index is 1.62. The molecule has 21 heavy (non-hydrogen) atoms. The Kier molecular flexibility index (Phi) is 2.15. The lowest BCUT2D eigenvalue weighted by Gasteiger charge is -2.37. The molecular weight excluding hydrogens is 286 g/mol. The van der Waals surface area contributed by atoms with E-state index in [2.05, 4.69) is 12.2 Å². The van der Waals surface area contributed by atoms with Crippen molar-refractivity contribution in [2.75, 3.05) is 4.90 Å². The van der Waals surface area contributed by atoms with Crippen LogP contribution in [0.5, 0.6) is 0 Å². The summed E-state index contributed by atoms with van der Waals surface area (Å²) in [5, 5.41) is 0.461. The molecule has 2 saturated carbocycles. The van der Waals surface area contributed by atoms with Crippen molar-refractivity contribution >= 4 is 29.1 Å². The van der Waals surface area contributed by atoms with Crippen LogP contribution >= 0.6 is 11.6 Å². The first-order chi connectivity index (χ1) is 10.2. The van der Waals surface area contributed by atoms with Gasteiger partial charge in [0.2, 0.25) is 11.8 Å². The van der Waals surface area contributed by atoms with E-state index < -0.39 is 0 Å². The standard InChI is InChI=1S/C17H14ClNO2/c18-12-3-1-2-4-13(12)19-16(20)14-8-5-6-9(11-7-10(8)11)15(14)17(19)21/h1-6,8-11,14-15H,7H2/t8-,9-,10-,11+,14-,15-/m1/s1. The summed E-state index contributed by atoms with van der Waals surface area (Å²) in [6.07, 6.45) is 5.55. The topological polar surface area (TPSA) is 37.4 Å². The number of carbonyl (C=O) groups excluding carboxylic acids is 2. The fraction of sp³-hybridized carbons (Fsp3) is 0.412. The number of allylic oxidation sites excluding steroid dienone is 2. The van der Waals surface area contributed by atoms with Gasteiger partial charge in [0.05, 0.1) is 22.5 Å². The highest BCUT2D eigenvalue weighted by Gasteiger charge is 2.67. The molecule has 6 atom stereocenters. The van der Waals surface area contributed by atoms with Gasteiger partial charge < -0.3 is 0 Å². The second-order valence-corrected chi connectivity index (χ2v) is 7.03. The summed E-state index contributed by atoms with van der Waals surface area (Å²) in [7, 11) is 0. The number of amides is 2. The first-order valence-electron chi connectivity index (χ1n) is 7.49. The second kappa shape index (κ2) is 3.77. The van der Waals surface area contributed by atoms with Gasteiger partial charge in [0.25, 0.3) is 0 Å². The Morgan fingerprint density at radius 1 is 0.952 bits per heavy atom. The zero-order chi connectivity index (χ0) is 14.3. The van der Waals surface area contributed by atoms with Crippen LogP contribution in [0.15, 0.2) is 36.4 Å². The van der Waals surface area contributed by atoms with Gasteiger partial charge in [-0.3, -0.25) is 9.59 Å². The zero-order valence-electron chi connectivity index (χ0n) is 11.3. The lowest BCUT2D eigenvalue weighted by Crippen LogP contribution is -2.40. The SMILES string of the molecule is O=C1[C@@H]2[C@@H]3C=C[C@H]([C@@H]4C[C@H]34)[C@H]2C(=O)N1c1ccccc1Cl. The molecular formula is C17H14ClNO2. The fourth-order valence-corrected chi connectivity index (χ4v) is 5.05. The van der Waals surface area contributed by atoms with Crippen LogP contribution in [-0.2, 0) is 9.59 Å². The zero-order valence-corrected chi connectivity index (χ0v) is 12.0. The number of benzene rings is 1. The van der Waals surface area contributed by atoms with E-state index in [9.17, 15) is 9.59 Å². The number of carbonyl (C=O) groups is 2. The summed E-state index contributed by atoms with van der Waals surface area (Å²) >= 11 is 6.20. The molecule has 1 heterocycles. The monoisotopic (exact) mass is 299 g/mol. The fourth-order valence-electron chi connectivity index (χ4n) is 4.83. The lowest BCUT2D eigenvalue weighted by atomic mass is 9.63. The van der Waals surface area contributed by atoms with E-state index in [0.717, 1.165) is 0 Å². The van der Waals surface area contributed by atoms with E-state index in [1.807, 2.05) is 12.1 Å². The van der Waals surface area contributed by atoms with E-state index in [4.69, 9.17) is 11.6 Å². The molecule has 1 aromatic rings. The maximum atomic E-state index is 12.9. The molecule has 0 radical (unpaired) electrons. The Morgan fingerprint density at radius 2 is 1.52 bits per heavy atom. The van der Waals surface area contributed by atoms with E-state index >= 15 is 0 Å². The molecule has 106 valence electrons. The van der Waals surface area contributed by atoms with Crippen LogP contribution in [0, 0.1) is 35.5 Å². The van der Waals surface area contributed by atoms with Crippen molar-refractivity contribution in [2.45, 2.75) is 6.42 Å². The molecule has 1 saturated heterocycles. The Morgan fingerprint density at radius 3 is 2.10 bits per heavy atom. The van der Waals surface area contributed by atoms with Crippen molar-refractivity contribution in [3.8, 4) is 0 Å². The molecule has 1 aliphatic heterocycles. The number of rotatable bonds is 1. The van der Waals surface area contributed by atoms with Gasteiger partial charge in [0.15, 0.2) is 0 Å². The van der Waals surface area contributed by atoms with Crippen LogP contribution in [0.3, 0.4) is 0 Å². The van der Waals surface area contributed by atoms with Crippen LogP contribution in [0.2, 0.25) is 5.02 Å². The molecule has 1 aromatic carbocycles. The van der Waals surface area contributed by atoms with Crippen molar-refractivity contribution in [1.29, 1.82) is 0 Å². The van der Waals surface area contributed by atoms with Crippen LogP contribution in [-0.4, -0.2) is 11.8 Å². The number of halogens is 1. The Hall–Kier alpha value is -1.61. The van der Waals surface area contributed by atoms with Gasteiger partial charge in [-0.15, -0.1) is 0 Å². The normalized spacial score (nSPS) is 42.2. The lowest BCUT2D eigenvalue weighted by molar-refractivity contribution is -0.124. The summed E-state index contributed by atoms with van der Waals surface area (Å²) in [6.45, 7) is 0. The van der Waals surface area contributed by atoms with Gasteiger partial charge in [-0.05, 0) is 42.2 Å². The van der Waals surface area contributed by atoms with Crippen LogP contribution < -0.4 is 4.90 Å². The van der Waals surface area contributed by atoms with Crippen molar-refractivity contribution in [3.63, 3.8) is 0 Å². The summed E-state index contributed by atoms with van der Waals surface area (Å²) in [6, 6.07) is 7.10. The van der Waals surface area contributed by atoms with Crippen molar-refractivity contribution in [1.82, 2.24) is 0 Å². The second-order valence-electron chi connectivity index (χ2n) is 6.62. The van der Waals surface area contributed by atoms with Crippen molar-refractivity contribution < 1.29 is 9.59 Å². The highest BCUT2D eigenvalue weighted by Crippen LogP contribution is 2.65. The maximum absolute atomic E-state index is 12.9. The molecule has 5 aliphatic rings. The quantitative estimate of drug-likeness (QED) is 0.591. The molecule has 3 nitrogen and oxygen atoms in total. The summed E-state index contributed by atoms with van der Waals surface area (Å²) < 4.78 is 0. The third-order valence-electron chi connectivity index (χ3n) is 5.76. The highest BCUT2D eigenvalue weighted by molar-refractivity contribution is 6.36. The predicted molar refractivity (Wildman–Crippen MR) is 78.6 cm³/mol. The minimum Gasteiger partial charge on any atom is -0.274 e. The van der Waals surface area contributed by atoms with Crippen molar-refractivity contribution in [3.05, 3.63) is 41.4 Å². The third kappa shape index (κ3) is 1.35. The predicted octanol–water partition coefficient (Wildman–Crippen LogP) is 2.90. The Labute approximate surface area is 127 Å². The van der Waals surface area contributed by atoms with Gasteiger partial charge in [-0.1, -0.05) is 35.9 Å². The first-order valence-corrected chi connectivity index (χ1v) is 7.87. The maximum Gasteiger partial charge on any atom is 0.238 e. The molecule has 2 bridgehead atoms. The molecule has 4 heteroatoms. The summed E-state index contributed by atoms with van der Waals surface area (Å²) in [4.78, 5) is 27.1. The summed E-state index contributed by atoms with van der Waals surface area (Å²) in [5.41, 5.74) is 0.539. The van der Waals surface area contributed by atoms with Gasteiger partial charge in [-0.2, -0.15) is 0 Å². The number of hydrogen-bond donors (Lipinski definition) is 0. The molecule has 0 aromatic heterocycles. The van der Waals surface area contributed by atoms with Gasteiger partial charge in [0, 0.05) is 0 Å². The van der Waals surface area contributed by atoms with Crippen molar-refractivity contribution in [2.24, 2.45) is 35.5 Å². The minimum atomic E-state index is -0.160. The molecule has 2 amide bonds.